The Balaban J connectivity index is 1.59. The summed E-state index contributed by atoms with van der Waals surface area (Å²) in [5, 5.41) is 33.6. The van der Waals surface area contributed by atoms with E-state index in [0.29, 0.717) is 28.2 Å². The molecule has 1 aromatic carbocycles. The fourth-order valence-corrected chi connectivity index (χ4v) is 5.94. The van der Waals surface area contributed by atoms with Crippen molar-refractivity contribution in [1.29, 1.82) is 0 Å². The van der Waals surface area contributed by atoms with Crippen LogP contribution in [0.2, 0.25) is 0 Å². The van der Waals surface area contributed by atoms with Gasteiger partial charge in [0.05, 0.1) is 44.8 Å². The van der Waals surface area contributed by atoms with Gasteiger partial charge in [-0.3, -0.25) is 9.59 Å². The Morgan fingerprint density at radius 1 is 1.18 bits per heavy atom. The third-order valence-electron chi connectivity index (χ3n) is 7.78. The highest BCUT2D eigenvalue weighted by Gasteiger charge is 2.52. The van der Waals surface area contributed by atoms with E-state index in [1.165, 1.54) is 13.4 Å². The van der Waals surface area contributed by atoms with E-state index in [9.17, 15) is 24.9 Å². The molecule has 38 heavy (non-hydrogen) atoms. The third kappa shape index (κ3) is 4.79. The minimum atomic E-state index is -1.15. The molecule has 2 aliphatic carbocycles. The van der Waals surface area contributed by atoms with Crippen LogP contribution in [0.1, 0.15) is 48.3 Å². The molecule has 1 aromatic heterocycles. The Kier molecular flexibility index (Phi) is 7.73. The predicted octanol–water partition coefficient (Wildman–Crippen LogP) is 1.62. The van der Waals surface area contributed by atoms with E-state index >= 15 is 0 Å². The van der Waals surface area contributed by atoms with Crippen LogP contribution < -0.4 is 14.8 Å². The summed E-state index contributed by atoms with van der Waals surface area (Å²) in [7, 11) is 1.49. The number of benzene rings is 1. The van der Waals surface area contributed by atoms with Crippen molar-refractivity contribution in [2.75, 3.05) is 20.3 Å². The first-order valence-electron chi connectivity index (χ1n) is 13.1. The normalized spacial score (nSPS) is 24.3. The van der Waals surface area contributed by atoms with Gasteiger partial charge in [0.15, 0.2) is 11.5 Å². The van der Waals surface area contributed by atoms with Gasteiger partial charge in [-0.05, 0) is 42.7 Å². The molecule has 4 unspecified atom stereocenters. The lowest BCUT2D eigenvalue weighted by atomic mass is 9.77. The number of carbonyl (C=O) groups excluding carboxylic acids is 2. The summed E-state index contributed by atoms with van der Waals surface area (Å²) >= 11 is 0. The van der Waals surface area contributed by atoms with Gasteiger partial charge in [-0.1, -0.05) is 12.8 Å². The number of hydrogen-bond donors (Lipinski definition) is 4. The van der Waals surface area contributed by atoms with Crippen LogP contribution in [0.25, 0.3) is 0 Å². The lowest BCUT2D eigenvalue weighted by molar-refractivity contribution is -0.142. The molecule has 2 aromatic rings. The van der Waals surface area contributed by atoms with Crippen molar-refractivity contribution in [3.8, 4) is 11.5 Å². The van der Waals surface area contributed by atoms with E-state index in [-0.39, 0.29) is 38.1 Å². The monoisotopic (exact) mass is 526 g/mol. The fourth-order valence-electron chi connectivity index (χ4n) is 5.94. The molecule has 10 heteroatoms. The summed E-state index contributed by atoms with van der Waals surface area (Å²) in [6.07, 6.45) is 6.25. The molecule has 0 radical (unpaired) electrons. The molecule has 5 rings (SSSR count). The van der Waals surface area contributed by atoms with Crippen molar-refractivity contribution in [2.45, 2.75) is 63.0 Å². The number of fused-ring (bicyclic) bond motifs is 3. The summed E-state index contributed by atoms with van der Waals surface area (Å²) < 4.78 is 17.0. The zero-order chi connectivity index (χ0) is 26.8. The van der Waals surface area contributed by atoms with E-state index in [2.05, 4.69) is 5.32 Å². The molecule has 1 fully saturated rings. The highest BCUT2D eigenvalue weighted by molar-refractivity contribution is 5.96. The molecule has 0 spiro atoms. The van der Waals surface area contributed by atoms with Crippen LogP contribution in [0.3, 0.4) is 0 Å². The van der Waals surface area contributed by atoms with Crippen molar-refractivity contribution >= 4 is 11.8 Å². The van der Waals surface area contributed by atoms with Crippen molar-refractivity contribution in [3.63, 3.8) is 0 Å². The smallest absolute Gasteiger partial charge is 0.247 e. The van der Waals surface area contributed by atoms with Crippen LogP contribution in [0.15, 0.2) is 46.8 Å². The predicted molar refractivity (Wildman–Crippen MR) is 135 cm³/mol. The second kappa shape index (κ2) is 11.2. The molecule has 1 saturated carbocycles. The number of amides is 2. The molecule has 10 nitrogen and oxygen atoms in total. The van der Waals surface area contributed by atoms with Crippen molar-refractivity contribution in [1.82, 2.24) is 10.2 Å². The molecule has 2 amide bonds. The number of nitrogens with one attached hydrogen (secondary N) is 1. The van der Waals surface area contributed by atoms with Crippen molar-refractivity contribution in [3.05, 3.63) is 59.1 Å². The average molecular weight is 527 g/mol. The minimum absolute atomic E-state index is 0.0498. The molecule has 0 saturated heterocycles. The zero-order valence-electron chi connectivity index (χ0n) is 21.3. The van der Waals surface area contributed by atoms with E-state index in [0.717, 1.165) is 31.2 Å². The topological polar surface area (TPSA) is 142 Å². The standard InChI is InChI=1S/C28H34N2O8/c1-36-22-11-17(14-32)10-19-23-20(27(34)29-7-8-31)12-21(24(33)26(23)38-25(19)22)30(13-16-6-9-37-15-16)28(35)18-4-2-3-5-18/h6,9-12,15,18,21,23-24,26,31-33H,2-5,7-8,13-14H2,1H3,(H,29,34). The Morgan fingerprint density at radius 2 is 1.97 bits per heavy atom. The first kappa shape index (κ1) is 26.3. The Morgan fingerprint density at radius 3 is 2.63 bits per heavy atom. The van der Waals surface area contributed by atoms with E-state index in [4.69, 9.17) is 13.9 Å². The molecule has 2 heterocycles. The average Bonchev–Trinajstić information content (AvgIpc) is 3.71. The molecule has 1 aliphatic heterocycles. The summed E-state index contributed by atoms with van der Waals surface area (Å²) in [5.41, 5.74) is 2.29. The number of ether oxygens (including phenoxy) is 2. The van der Waals surface area contributed by atoms with E-state index in [1.54, 1.807) is 35.4 Å². The lowest BCUT2D eigenvalue weighted by Crippen LogP contribution is -2.56. The summed E-state index contributed by atoms with van der Waals surface area (Å²) in [6.45, 7) is -0.218. The maximum atomic E-state index is 13.8. The van der Waals surface area contributed by atoms with Crippen molar-refractivity contribution < 1.29 is 38.8 Å². The number of methoxy groups -OCH3 is 1. The molecule has 204 valence electrons. The van der Waals surface area contributed by atoms with Gasteiger partial charge in [0, 0.05) is 35.7 Å². The number of aliphatic hydroxyl groups excluding tert-OH is 3. The lowest BCUT2D eigenvalue weighted by Gasteiger charge is -2.41. The number of carbonyl (C=O) groups is 2. The maximum Gasteiger partial charge on any atom is 0.247 e. The second-order valence-corrected chi connectivity index (χ2v) is 10.1. The van der Waals surface area contributed by atoms with Gasteiger partial charge in [0.1, 0.15) is 12.2 Å². The number of rotatable bonds is 9. The Labute approximate surface area is 220 Å². The Hall–Kier alpha value is -3.34. The highest BCUT2D eigenvalue weighted by Crippen LogP contribution is 2.51. The van der Waals surface area contributed by atoms with Gasteiger partial charge >= 0.3 is 0 Å². The van der Waals surface area contributed by atoms with Crippen LogP contribution >= 0.6 is 0 Å². The highest BCUT2D eigenvalue weighted by atomic mass is 16.5. The van der Waals surface area contributed by atoms with Crippen LogP contribution in [0.5, 0.6) is 11.5 Å². The second-order valence-electron chi connectivity index (χ2n) is 10.1. The largest absolute Gasteiger partial charge is 0.493 e. The van der Waals surface area contributed by atoms with Gasteiger partial charge in [-0.25, -0.2) is 0 Å². The Bertz CT molecular complexity index is 1190. The number of aliphatic hydroxyl groups is 3. The first-order chi connectivity index (χ1) is 18.5. The number of furan rings is 1. The molecular formula is C28H34N2O8. The third-order valence-corrected chi connectivity index (χ3v) is 7.78. The first-order valence-corrected chi connectivity index (χ1v) is 13.1. The van der Waals surface area contributed by atoms with Crippen molar-refractivity contribution in [2.24, 2.45) is 5.92 Å². The van der Waals surface area contributed by atoms with E-state index < -0.39 is 30.1 Å². The zero-order valence-corrected chi connectivity index (χ0v) is 21.3. The van der Waals surface area contributed by atoms with Crippen LogP contribution in [-0.4, -0.2) is 70.5 Å². The number of nitrogens with zero attached hydrogens (tertiary/aromatic N) is 1. The SMILES string of the molecule is COc1cc(CO)cc2c1OC1C2C(C(=O)NCCO)=CC(N(Cc2ccoc2)C(=O)C2CCCC2)C1O. The van der Waals surface area contributed by atoms with Gasteiger partial charge in [-0.15, -0.1) is 0 Å². The summed E-state index contributed by atoms with van der Waals surface area (Å²) in [6, 6.07) is 4.33. The molecule has 4 atom stereocenters. The molecular weight excluding hydrogens is 492 g/mol. The summed E-state index contributed by atoms with van der Waals surface area (Å²) in [4.78, 5) is 28.8. The summed E-state index contributed by atoms with van der Waals surface area (Å²) in [5.74, 6) is -0.532. The van der Waals surface area contributed by atoms with Gasteiger partial charge in [-0.2, -0.15) is 0 Å². The van der Waals surface area contributed by atoms with Gasteiger partial charge in [0.2, 0.25) is 11.8 Å². The molecule has 3 aliphatic rings. The van der Waals surface area contributed by atoms with Crippen LogP contribution in [0.4, 0.5) is 0 Å². The van der Waals surface area contributed by atoms with Gasteiger partial charge < -0.3 is 39.4 Å². The number of hydrogen-bond acceptors (Lipinski definition) is 8. The van der Waals surface area contributed by atoms with Crippen LogP contribution in [0, 0.1) is 5.92 Å². The molecule has 4 N–H and O–H groups in total. The molecule has 0 bridgehead atoms. The van der Waals surface area contributed by atoms with Crippen LogP contribution in [-0.2, 0) is 22.7 Å². The van der Waals surface area contributed by atoms with E-state index in [1.807, 2.05) is 0 Å². The maximum absolute atomic E-state index is 13.8. The quantitative estimate of drug-likeness (QED) is 0.386. The van der Waals surface area contributed by atoms with Gasteiger partial charge in [0.25, 0.3) is 0 Å². The fraction of sp³-hybridized carbons (Fsp3) is 0.500. The minimum Gasteiger partial charge on any atom is -0.493 e.